The monoisotopic (exact) mass is 431 g/mol. The van der Waals surface area contributed by atoms with Gasteiger partial charge in [0.2, 0.25) is 10.0 Å². The lowest BCUT2D eigenvalue weighted by Crippen LogP contribution is -2.37. The Morgan fingerprint density at radius 3 is 2.19 bits per heavy atom. The van der Waals surface area contributed by atoms with Crippen molar-refractivity contribution in [2.45, 2.75) is 37.6 Å². The van der Waals surface area contributed by atoms with Gasteiger partial charge in [-0.05, 0) is 44.4 Å². The van der Waals surface area contributed by atoms with Crippen LogP contribution in [0, 0.1) is 47.3 Å². The van der Waals surface area contributed by atoms with E-state index in [-0.39, 0.29) is 28.7 Å². The van der Waals surface area contributed by atoms with Gasteiger partial charge >= 0.3 is 0 Å². The fourth-order valence-electron chi connectivity index (χ4n) is 5.48. The summed E-state index contributed by atoms with van der Waals surface area (Å²) in [6, 6.07) is 20.9. The average molecular weight is 432 g/mol. The summed E-state index contributed by atoms with van der Waals surface area (Å²) in [5, 5.41) is 19.9. The summed E-state index contributed by atoms with van der Waals surface area (Å²) in [7, 11) is -3.70. The largest absolute Gasteiger partial charge is 0.243 e. The van der Waals surface area contributed by atoms with Crippen LogP contribution in [0.4, 0.5) is 0 Å². The van der Waals surface area contributed by atoms with Crippen molar-refractivity contribution in [1.29, 1.82) is 10.5 Å². The number of rotatable bonds is 3. The zero-order valence-electron chi connectivity index (χ0n) is 17.9. The number of nitrogens with zero attached hydrogens (tertiary/aromatic N) is 3. The first-order valence-electron chi connectivity index (χ1n) is 10.4. The van der Waals surface area contributed by atoms with E-state index in [1.807, 2.05) is 51.1 Å². The van der Waals surface area contributed by atoms with Crippen LogP contribution in [0.3, 0.4) is 0 Å². The number of sulfonamides is 1. The van der Waals surface area contributed by atoms with Crippen molar-refractivity contribution in [3.05, 3.63) is 76.9 Å². The first kappa shape index (κ1) is 21.3. The van der Waals surface area contributed by atoms with Gasteiger partial charge in [0.1, 0.15) is 0 Å². The minimum absolute atomic E-state index is 0.0700. The highest BCUT2D eigenvalue weighted by atomic mass is 32.2. The molecule has 0 radical (unpaired) electrons. The van der Waals surface area contributed by atoms with Crippen LogP contribution in [-0.4, -0.2) is 25.3 Å². The van der Waals surface area contributed by atoms with Crippen LogP contribution in [0.1, 0.15) is 30.9 Å². The van der Waals surface area contributed by atoms with Crippen molar-refractivity contribution >= 4 is 10.0 Å². The van der Waals surface area contributed by atoms with Crippen LogP contribution in [0.5, 0.6) is 0 Å². The first-order valence-corrected chi connectivity index (χ1v) is 11.9. The highest BCUT2D eigenvalue weighted by molar-refractivity contribution is 7.89. The zero-order chi connectivity index (χ0) is 22.3. The molecule has 0 N–H and O–H groups in total. The van der Waals surface area contributed by atoms with Gasteiger partial charge in [0.15, 0.2) is 0 Å². The highest BCUT2D eigenvalue weighted by Gasteiger charge is 2.54. The third-order valence-electron chi connectivity index (χ3n) is 6.95. The quantitative estimate of drug-likeness (QED) is 0.721. The maximum atomic E-state index is 13.5. The molecule has 6 heteroatoms. The van der Waals surface area contributed by atoms with Crippen LogP contribution in [0.2, 0.25) is 0 Å². The lowest BCUT2D eigenvalue weighted by atomic mass is 9.62. The molecule has 0 amide bonds. The third-order valence-corrected chi connectivity index (χ3v) is 8.92. The van der Waals surface area contributed by atoms with E-state index in [1.54, 1.807) is 28.6 Å². The van der Waals surface area contributed by atoms with Crippen LogP contribution >= 0.6 is 0 Å². The number of aryl methyl sites for hydroxylation is 1. The topological polar surface area (TPSA) is 85.0 Å². The molecule has 2 aromatic carbocycles. The predicted molar refractivity (Wildman–Crippen MR) is 118 cm³/mol. The number of hydrogen-bond acceptors (Lipinski definition) is 4. The zero-order valence-corrected chi connectivity index (χ0v) is 18.7. The van der Waals surface area contributed by atoms with Gasteiger partial charge in [0.25, 0.3) is 0 Å². The molecule has 5 atom stereocenters. The van der Waals surface area contributed by atoms with Crippen molar-refractivity contribution in [1.82, 2.24) is 4.31 Å². The predicted octanol–water partition coefficient (Wildman–Crippen LogP) is 4.40. The van der Waals surface area contributed by atoms with Gasteiger partial charge < -0.3 is 0 Å². The van der Waals surface area contributed by atoms with Crippen molar-refractivity contribution < 1.29 is 8.42 Å². The molecule has 158 valence electrons. The molecule has 0 aromatic heterocycles. The second kappa shape index (κ2) is 7.96. The van der Waals surface area contributed by atoms with E-state index in [2.05, 4.69) is 12.1 Å². The summed E-state index contributed by atoms with van der Waals surface area (Å²) >= 11 is 0. The van der Waals surface area contributed by atoms with Gasteiger partial charge in [-0.1, -0.05) is 53.6 Å². The number of allylic oxidation sites excluding steroid dienone is 1. The molecular formula is C25H25N3O2S. The second-order valence-corrected chi connectivity index (χ2v) is 10.5. The van der Waals surface area contributed by atoms with E-state index in [4.69, 9.17) is 0 Å². The van der Waals surface area contributed by atoms with Crippen LogP contribution in [0.25, 0.3) is 0 Å². The van der Waals surface area contributed by atoms with Crippen molar-refractivity contribution in [3.63, 3.8) is 0 Å². The van der Waals surface area contributed by atoms with Crippen LogP contribution in [-0.2, 0) is 10.0 Å². The molecule has 5 nitrogen and oxygen atoms in total. The summed E-state index contributed by atoms with van der Waals surface area (Å²) in [5.41, 5.74) is 3.31. The summed E-state index contributed by atoms with van der Waals surface area (Å²) in [6.45, 7) is 6.06. The molecule has 0 unspecified atom stereocenters. The summed E-state index contributed by atoms with van der Waals surface area (Å²) in [5.74, 6) is -0.984. The van der Waals surface area contributed by atoms with E-state index in [0.717, 1.165) is 16.7 Å². The molecule has 0 saturated carbocycles. The van der Waals surface area contributed by atoms with Gasteiger partial charge in [0, 0.05) is 30.0 Å². The van der Waals surface area contributed by atoms with Gasteiger partial charge in [-0.15, -0.1) is 0 Å². The molecule has 31 heavy (non-hydrogen) atoms. The van der Waals surface area contributed by atoms with Crippen molar-refractivity contribution in [2.24, 2.45) is 17.8 Å². The number of hydrogen-bond donors (Lipinski definition) is 0. The molecular weight excluding hydrogens is 406 g/mol. The smallest absolute Gasteiger partial charge is 0.207 e. The van der Waals surface area contributed by atoms with Gasteiger partial charge in [-0.25, -0.2) is 8.42 Å². The minimum Gasteiger partial charge on any atom is -0.207 e. The van der Waals surface area contributed by atoms with Crippen molar-refractivity contribution in [3.8, 4) is 12.1 Å². The average Bonchev–Trinajstić information content (AvgIpc) is 3.12. The molecule has 0 spiro atoms. The van der Waals surface area contributed by atoms with E-state index in [1.165, 1.54) is 0 Å². The fourth-order valence-corrected chi connectivity index (χ4v) is 7.16. The Balaban J connectivity index is 1.83. The third kappa shape index (κ3) is 3.37. The molecule has 1 heterocycles. The van der Waals surface area contributed by atoms with Crippen LogP contribution < -0.4 is 0 Å². The standard InChI is InChI=1S/C25H25N3O2S/c1-16-9-11-20(12-10-16)31(29,30)28-15-23-24(18(28)3)17(2)21(13-26)22(14-27)25(23)19-7-5-4-6-8-19/h4-12,18,22-25H,15H2,1-3H3/t18-,22-,23-,24-,25-/m1/s1. The molecule has 0 bridgehead atoms. The van der Waals surface area contributed by atoms with E-state index >= 15 is 0 Å². The highest BCUT2D eigenvalue weighted by Crippen LogP contribution is 2.53. The maximum Gasteiger partial charge on any atom is 0.243 e. The normalized spacial score (nSPS) is 28.6. The maximum absolute atomic E-state index is 13.5. The second-order valence-electron chi connectivity index (χ2n) is 8.57. The fraction of sp³-hybridized carbons (Fsp3) is 0.360. The Labute approximate surface area is 184 Å². The molecule has 2 aromatic rings. The lowest BCUT2D eigenvalue weighted by Gasteiger charge is -2.38. The van der Waals surface area contributed by atoms with Crippen LogP contribution in [0.15, 0.2) is 70.6 Å². The number of nitriles is 2. The minimum atomic E-state index is -3.70. The SMILES string of the molecule is CC1=C(C#N)[C@@H](C#N)[C@@H](c2ccccc2)[C@@H]2CN(S(=O)(=O)c3ccc(C)cc3)[C@H](C)[C@@H]12. The summed E-state index contributed by atoms with van der Waals surface area (Å²) in [4.78, 5) is 0.277. The van der Waals surface area contributed by atoms with E-state index in [0.29, 0.717) is 12.1 Å². The van der Waals surface area contributed by atoms with Gasteiger partial charge in [0.05, 0.1) is 23.0 Å². The Bertz CT molecular complexity index is 1200. The molecule has 2 aliphatic rings. The number of fused-ring (bicyclic) bond motifs is 1. The van der Waals surface area contributed by atoms with E-state index < -0.39 is 15.9 Å². The summed E-state index contributed by atoms with van der Waals surface area (Å²) in [6.07, 6.45) is 0. The molecule has 1 aliphatic heterocycles. The first-order chi connectivity index (χ1) is 14.8. The van der Waals surface area contributed by atoms with E-state index in [9.17, 15) is 18.9 Å². The number of benzene rings is 2. The Morgan fingerprint density at radius 1 is 0.968 bits per heavy atom. The Morgan fingerprint density at radius 2 is 1.61 bits per heavy atom. The lowest BCUT2D eigenvalue weighted by molar-refractivity contribution is 0.305. The summed E-state index contributed by atoms with van der Waals surface area (Å²) < 4.78 is 28.6. The van der Waals surface area contributed by atoms with Crippen molar-refractivity contribution in [2.75, 3.05) is 6.54 Å². The Kier molecular flexibility index (Phi) is 5.47. The van der Waals surface area contributed by atoms with Gasteiger partial charge in [-0.2, -0.15) is 14.8 Å². The molecule has 1 fully saturated rings. The molecule has 1 aliphatic carbocycles. The molecule has 4 rings (SSSR count). The molecule has 1 saturated heterocycles. The Hall–Kier alpha value is -2.93. The van der Waals surface area contributed by atoms with Gasteiger partial charge in [-0.3, -0.25) is 0 Å².